The van der Waals surface area contributed by atoms with Crippen LogP contribution in [0, 0.1) is 6.92 Å². The monoisotopic (exact) mass is 243 g/mol. The first-order chi connectivity index (χ1) is 7.74. The van der Waals surface area contributed by atoms with Crippen LogP contribution in [-0.4, -0.2) is 35.5 Å². The third-order valence-electron chi connectivity index (χ3n) is 2.33. The summed E-state index contributed by atoms with van der Waals surface area (Å²) in [7, 11) is 0. The molecule has 0 N–H and O–H groups in total. The van der Waals surface area contributed by atoms with Crippen LogP contribution in [-0.2, 0) is 0 Å². The van der Waals surface area contributed by atoms with E-state index in [1.165, 1.54) is 6.33 Å². The fourth-order valence-electron chi connectivity index (χ4n) is 1.54. The molecule has 90 valence electrons. The first kappa shape index (κ1) is 13.0. The molecule has 16 heavy (non-hydrogen) atoms. The van der Waals surface area contributed by atoms with E-state index in [-0.39, 0.29) is 0 Å². The molecular formula is C11H18ClN3O. The summed E-state index contributed by atoms with van der Waals surface area (Å²) < 4.78 is 5.44. The number of hydrogen-bond donors (Lipinski definition) is 0. The molecule has 1 aromatic heterocycles. The van der Waals surface area contributed by atoms with Crippen molar-refractivity contribution >= 4 is 17.4 Å². The molecule has 0 amide bonds. The molecule has 0 atom stereocenters. The summed E-state index contributed by atoms with van der Waals surface area (Å²) in [6.45, 7) is 8.25. The summed E-state index contributed by atoms with van der Waals surface area (Å²) in [5.74, 6) is 2.14. The predicted octanol–water partition coefficient (Wildman–Crippen LogP) is 2.25. The number of ether oxygens (including phenoxy) is 1. The maximum absolute atomic E-state index is 5.76. The summed E-state index contributed by atoms with van der Waals surface area (Å²) in [4.78, 5) is 10.5. The van der Waals surface area contributed by atoms with Crippen molar-refractivity contribution in [3.05, 3.63) is 11.9 Å². The van der Waals surface area contributed by atoms with Crippen LogP contribution < -0.4 is 9.64 Å². The number of anilines is 1. The van der Waals surface area contributed by atoms with E-state index >= 15 is 0 Å². The van der Waals surface area contributed by atoms with Crippen LogP contribution in [0.15, 0.2) is 6.33 Å². The number of halogens is 1. The summed E-state index contributed by atoms with van der Waals surface area (Å²) in [6, 6.07) is 0. The lowest BCUT2D eigenvalue weighted by Crippen LogP contribution is -2.27. The highest BCUT2D eigenvalue weighted by Gasteiger charge is 2.12. The van der Waals surface area contributed by atoms with Crippen molar-refractivity contribution in [3.8, 4) is 5.88 Å². The molecule has 0 saturated heterocycles. The van der Waals surface area contributed by atoms with Gasteiger partial charge in [0, 0.05) is 19.0 Å². The van der Waals surface area contributed by atoms with Crippen molar-refractivity contribution < 1.29 is 4.74 Å². The number of hydrogen-bond acceptors (Lipinski definition) is 4. The van der Waals surface area contributed by atoms with Gasteiger partial charge in [0.1, 0.15) is 12.1 Å². The van der Waals surface area contributed by atoms with Gasteiger partial charge in [-0.05, 0) is 20.8 Å². The average Bonchev–Trinajstić information content (AvgIpc) is 2.30. The number of alkyl halides is 1. The minimum Gasteiger partial charge on any atom is -0.478 e. The Bertz CT molecular complexity index is 333. The van der Waals surface area contributed by atoms with Gasteiger partial charge in [0.25, 0.3) is 0 Å². The van der Waals surface area contributed by atoms with Crippen LogP contribution in [0.4, 0.5) is 5.82 Å². The van der Waals surface area contributed by atoms with Crippen LogP contribution in [0.1, 0.15) is 19.4 Å². The molecule has 4 nitrogen and oxygen atoms in total. The zero-order chi connectivity index (χ0) is 12.0. The van der Waals surface area contributed by atoms with Crippen LogP contribution in [0.5, 0.6) is 5.88 Å². The van der Waals surface area contributed by atoms with Crippen LogP contribution in [0.2, 0.25) is 0 Å². The van der Waals surface area contributed by atoms with Crippen molar-refractivity contribution in [3.63, 3.8) is 0 Å². The van der Waals surface area contributed by atoms with E-state index in [0.717, 1.165) is 24.5 Å². The van der Waals surface area contributed by atoms with E-state index in [2.05, 4.69) is 21.8 Å². The average molecular weight is 244 g/mol. The number of rotatable bonds is 6. The molecule has 0 aliphatic carbocycles. The zero-order valence-electron chi connectivity index (χ0n) is 10.0. The van der Waals surface area contributed by atoms with E-state index in [0.29, 0.717) is 18.4 Å². The fourth-order valence-corrected chi connectivity index (χ4v) is 1.75. The Morgan fingerprint density at radius 2 is 2.12 bits per heavy atom. The normalized spacial score (nSPS) is 10.2. The van der Waals surface area contributed by atoms with Gasteiger partial charge in [0.2, 0.25) is 5.88 Å². The Balaban J connectivity index is 2.98. The summed E-state index contributed by atoms with van der Waals surface area (Å²) >= 11 is 5.76. The fraction of sp³-hybridized carbons (Fsp3) is 0.636. The second kappa shape index (κ2) is 6.53. The number of aromatic nitrogens is 2. The van der Waals surface area contributed by atoms with E-state index in [4.69, 9.17) is 16.3 Å². The van der Waals surface area contributed by atoms with E-state index in [1.807, 2.05) is 13.8 Å². The quantitative estimate of drug-likeness (QED) is 0.719. The van der Waals surface area contributed by atoms with Crippen molar-refractivity contribution in [1.29, 1.82) is 0 Å². The molecule has 0 aliphatic heterocycles. The molecule has 0 unspecified atom stereocenters. The lowest BCUT2D eigenvalue weighted by Gasteiger charge is -2.22. The number of nitrogens with zero attached hydrogens (tertiary/aromatic N) is 3. The van der Waals surface area contributed by atoms with Crippen LogP contribution in [0.3, 0.4) is 0 Å². The molecule has 0 fully saturated rings. The maximum atomic E-state index is 5.76. The first-order valence-electron chi connectivity index (χ1n) is 5.49. The Morgan fingerprint density at radius 1 is 1.38 bits per heavy atom. The molecule has 1 heterocycles. The molecule has 0 bridgehead atoms. The van der Waals surface area contributed by atoms with Gasteiger partial charge in [-0.25, -0.2) is 9.97 Å². The molecule has 0 aromatic carbocycles. The van der Waals surface area contributed by atoms with Crippen molar-refractivity contribution in [2.45, 2.75) is 20.8 Å². The third-order valence-corrected chi connectivity index (χ3v) is 2.50. The van der Waals surface area contributed by atoms with Gasteiger partial charge in [-0.2, -0.15) is 0 Å². The van der Waals surface area contributed by atoms with Crippen molar-refractivity contribution in [2.75, 3.05) is 30.5 Å². The van der Waals surface area contributed by atoms with Gasteiger partial charge < -0.3 is 9.64 Å². The van der Waals surface area contributed by atoms with E-state index in [1.54, 1.807) is 0 Å². The minimum atomic E-state index is 0.585. The zero-order valence-corrected chi connectivity index (χ0v) is 10.8. The van der Waals surface area contributed by atoms with Gasteiger partial charge in [0.05, 0.1) is 12.2 Å². The Hall–Kier alpha value is -1.03. The van der Waals surface area contributed by atoms with E-state index < -0.39 is 0 Å². The standard InChI is InChI=1S/C11H18ClN3O/c1-4-15(7-6-12)10-9(3)11(16-5-2)14-8-13-10/h8H,4-7H2,1-3H3. The highest BCUT2D eigenvalue weighted by molar-refractivity contribution is 6.18. The Kier molecular flexibility index (Phi) is 5.32. The first-order valence-corrected chi connectivity index (χ1v) is 6.03. The topological polar surface area (TPSA) is 38.3 Å². The molecule has 0 aliphatic rings. The second-order valence-corrected chi connectivity index (χ2v) is 3.71. The molecule has 0 radical (unpaired) electrons. The third kappa shape index (κ3) is 2.98. The van der Waals surface area contributed by atoms with Gasteiger partial charge in [-0.15, -0.1) is 11.6 Å². The molecule has 5 heteroatoms. The minimum absolute atomic E-state index is 0.585. The van der Waals surface area contributed by atoms with Crippen molar-refractivity contribution in [2.24, 2.45) is 0 Å². The maximum Gasteiger partial charge on any atom is 0.221 e. The van der Waals surface area contributed by atoms with Gasteiger partial charge in [0.15, 0.2) is 0 Å². The van der Waals surface area contributed by atoms with Gasteiger partial charge >= 0.3 is 0 Å². The predicted molar refractivity (Wildman–Crippen MR) is 66.5 cm³/mol. The molecular weight excluding hydrogens is 226 g/mol. The lowest BCUT2D eigenvalue weighted by atomic mass is 10.3. The Labute approximate surface area is 102 Å². The van der Waals surface area contributed by atoms with Crippen LogP contribution >= 0.6 is 11.6 Å². The van der Waals surface area contributed by atoms with Crippen molar-refractivity contribution in [1.82, 2.24) is 9.97 Å². The molecule has 0 spiro atoms. The van der Waals surface area contributed by atoms with E-state index in [9.17, 15) is 0 Å². The highest BCUT2D eigenvalue weighted by Crippen LogP contribution is 2.23. The molecule has 1 rings (SSSR count). The second-order valence-electron chi connectivity index (χ2n) is 3.33. The summed E-state index contributed by atoms with van der Waals surface area (Å²) in [6.07, 6.45) is 1.53. The molecule has 1 aromatic rings. The SMILES string of the molecule is CCOc1ncnc(N(CC)CCCl)c1C. The smallest absolute Gasteiger partial charge is 0.221 e. The van der Waals surface area contributed by atoms with Gasteiger partial charge in [-0.1, -0.05) is 0 Å². The Morgan fingerprint density at radius 3 is 2.69 bits per heavy atom. The largest absolute Gasteiger partial charge is 0.478 e. The molecule has 0 saturated carbocycles. The van der Waals surface area contributed by atoms with Gasteiger partial charge in [-0.3, -0.25) is 0 Å². The lowest BCUT2D eigenvalue weighted by molar-refractivity contribution is 0.323. The summed E-state index contributed by atoms with van der Waals surface area (Å²) in [5, 5.41) is 0. The summed E-state index contributed by atoms with van der Waals surface area (Å²) in [5.41, 5.74) is 0.969. The highest BCUT2D eigenvalue weighted by atomic mass is 35.5. The van der Waals surface area contributed by atoms with Crippen LogP contribution in [0.25, 0.3) is 0 Å².